The van der Waals surface area contributed by atoms with Crippen molar-refractivity contribution in [3.8, 4) is 0 Å². The molecular weight excluding hydrogens is 246 g/mol. The first-order valence-electron chi connectivity index (χ1n) is 7.54. The minimum absolute atomic E-state index is 0.364. The third-order valence-electron chi connectivity index (χ3n) is 4.27. The Morgan fingerprint density at radius 3 is 2.80 bits per heavy atom. The third-order valence-corrected chi connectivity index (χ3v) is 4.27. The van der Waals surface area contributed by atoms with Crippen LogP contribution in [0.4, 0.5) is 0 Å². The smallest absolute Gasteiger partial charge is 0.0720 e. The number of nitrogens with one attached hydrogen (secondary N) is 1. The molecule has 1 aromatic carbocycles. The van der Waals surface area contributed by atoms with Crippen LogP contribution in [0.25, 0.3) is 0 Å². The fraction of sp³-hybridized carbons (Fsp3) is 0.471. The quantitative estimate of drug-likeness (QED) is 0.926. The Bertz CT molecular complexity index is 600. The number of benzene rings is 1. The summed E-state index contributed by atoms with van der Waals surface area (Å²) in [7, 11) is 0. The van der Waals surface area contributed by atoms with Crippen molar-refractivity contribution in [2.75, 3.05) is 6.54 Å². The van der Waals surface area contributed by atoms with Crippen LogP contribution >= 0.6 is 0 Å². The summed E-state index contributed by atoms with van der Waals surface area (Å²) in [5.41, 5.74) is 5.29. The number of aryl methyl sites for hydroxylation is 3. The van der Waals surface area contributed by atoms with Crippen LogP contribution in [0.3, 0.4) is 0 Å². The van der Waals surface area contributed by atoms with Gasteiger partial charge in [0.25, 0.3) is 0 Å². The molecule has 1 heterocycles. The molecule has 0 fully saturated rings. The Kier molecular flexibility index (Phi) is 3.62. The molecule has 0 spiro atoms. The van der Waals surface area contributed by atoms with Crippen LogP contribution in [0.5, 0.6) is 0 Å². The number of hydrogen-bond donors (Lipinski definition) is 1. The molecule has 0 bridgehead atoms. The van der Waals surface area contributed by atoms with Gasteiger partial charge >= 0.3 is 0 Å². The van der Waals surface area contributed by atoms with Gasteiger partial charge in [0.05, 0.1) is 17.8 Å². The normalized spacial score (nSPS) is 21.8. The van der Waals surface area contributed by atoms with Gasteiger partial charge in [-0.1, -0.05) is 31.2 Å². The van der Waals surface area contributed by atoms with E-state index in [1.807, 2.05) is 0 Å². The second-order valence-corrected chi connectivity index (χ2v) is 5.71. The lowest BCUT2D eigenvalue weighted by Gasteiger charge is -2.35. The summed E-state index contributed by atoms with van der Waals surface area (Å²) >= 11 is 0. The number of rotatable bonds is 3. The minimum atomic E-state index is 0.364. The Balaban J connectivity index is 2.02. The van der Waals surface area contributed by atoms with E-state index in [2.05, 4.69) is 61.1 Å². The zero-order valence-corrected chi connectivity index (χ0v) is 12.6. The van der Waals surface area contributed by atoms with E-state index in [1.165, 1.54) is 16.8 Å². The summed E-state index contributed by atoms with van der Waals surface area (Å²) in [6.45, 7) is 7.39. The average Bonchev–Trinajstić information content (AvgIpc) is 2.78. The first-order chi connectivity index (χ1) is 9.70. The number of hydrogen-bond acceptors (Lipinski definition) is 2. The van der Waals surface area contributed by atoms with Crippen molar-refractivity contribution in [3.05, 3.63) is 52.8 Å². The maximum Gasteiger partial charge on any atom is 0.0720 e. The second-order valence-electron chi connectivity index (χ2n) is 5.71. The van der Waals surface area contributed by atoms with Crippen molar-refractivity contribution in [1.29, 1.82) is 0 Å². The lowest BCUT2D eigenvalue weighted by molar-refractivity contribution is 0.295. The van der Waals surface area contributed by atoms with Gasteiger partial charge in [-0.15, -0.1) is 0 Å². The fourth-order valence-corrected chi connectivity index (χ4v) is 3.45. The van der Waals surface area contributed by atoms with Gasteiger partial charge in [-0.3, -0.25) is 4.68 Å². The first kappa shape index (κ1) is 13.4. The van der Waals surface area contributed by atoms with E-state index < -0.39 is 0 Å². The van der Waals surface area contributed by atoms with Gasteiger partial charge in [-0.25, -0.2) is 0 Å². The lowest BCUT2D eigenvalue weighted by atomic mass is 9.84. The van der Waals surface area contributed by atoms with Gasteiger partial charge in [0.2, 0.25) is 0 Å². The van der Waals surface area contributed by atoms with Crippen molar-refractivity contribution in [3.63, 3.8) is 0 Å². The Morgan fingerprint density at radius 1 is 1.30 bits per heavy atom. The van der Waals surface area contributed by atoms with E-state index in [0.717, 1.165) is 25.1 Å². The highest BCUT2D eigenvalue weighted by Crippen LogP contribution is 2.37. The molecule has 3 nitrogen and oxygen atoms in total. The summed E-state index contributed by atoms with van der Waals surface area (Å²) in [6, 6.07) is 11.8. The molecule has 0 saturated carbocycles. The molecule has 1 aliphatic carbocycles. The van der Waals surface area contributed by atoms with Crippen LogP contribution in [0.15, 0.2) is 30.3 Å². The molecule has 106 valence electrons. The number of likely N-dealkylation sites (N-methyl/N-ethyl adjacent to an activating group) is 1. The summed E-state index contributed by atoms with van der Waals surface area (Å²) in [4.78, 5) is 0. The number of aromatic nitrogens is 2. The van der Waals surface area contributed by atoms with E-state index in [0.29, 0.717) is 12.1 Å². The lowest BCUT2D eigenvalue weighted by Crippen LogP contribution is -2.35. The highest BCUT2D eigenvalue weighted by atomic mass is 15.3. The molecule has 0 saturated heterocycles. The molecule has 2 aromatic rings. The molecule has 1 aliphatic rings. The summed E-state index contributed by atoms with van der Waals surface area (Å²) in [5, 5.41) is 8.38. The van der Waals surface area contributed by atoms with Gasteiger partial charge in [0, 0.05) is 5.69 Å². The largest absolute Gasteiger partial charge is 0.308 e. The standard InChI is InChI=1S/C17H23N3/c1-4-18-17-15-8-6-5-7-14(15)9-10-16(17)20-13(3)11-12(2)19-20/h5-8,11,16-18H,4,9-10H2,1-3H3. The Hall–Kier alpha value is -1.61. The van der Waals surface area contributed by atoms with Crippen LogP contribution < -0.4 is 5.32 Å². The molecule has 0 radical (unpaired) electrons. The fourth-order valence-electron chi connectivity index (χ4n) is 3.45. The summed E-state index contributed by atoms with van der Waals surface area (Å²) < 4.78 is 2.22. The number of fused-ring (bicyclic) bond motifs is 1. The van der Waals surface area contributed by atoms with Gasteiger partial charge in [0.15, 0.2) is 0 Å². The first-order valence-corrected chi connectivity index (χ1v) is 7.54. The highest BCUT2D eigenvalue weighted by molar-refractivity contribution is 5.33. The average molecular weight is 269 g/mol. The SMILES string of the molecule is CCNC1c2ccccc2CCC1n1nc(C)cc1C. The van der Waals surface area contributed by atoms with Crippen molar-refractivity contribution in [1.82, 2.24) is 15.1 Å². The third kappa shape index (κ3) is 2.27. The molecule has 1 N–H and O–H groups in total. The van der Waals surface area contributed by atoms with E-state index in [-0.39, 0.29) is 0 Å². The predicted molar refractivity (Wildman–Crippen MR) is 81.9 cm³/mol. The summed E-state index contributed by atoms with van der Waals surface area (Å²) in [6.07, 6.45) is 2.29. The summed E-state index contributed by atoms with van der Waals surface area (Å²) in [5.74, 6) is 0. The molecule has 0 aliphatic heterocycles. The van der Waals surface area contributed by atoms with E-state index in [4.69, 9.17) is 5.10 Å². The van der Waals surface area contributed by atoms with Crippen molar-refractivity contribution in [2.24, 2.45) is 0 Å². The highest BCUT2D eigenvalue weighted by Gasteiger charge is 2.31. The van der Waals surface area contributed by atoms with E-state index >= 15 is 0 Å². The monoisotopic (exact) mass is 269 g/mol. The van der Waals surface area contributed by atoms with Crippen LogP contribution in [0.2, 0.25) is 0 Å². The van der Waals surface area contributed by atoms with Gasteiger partial charge in [-0.2, -0.15) is 5.10 Å². The van der Waals surface area contributed by atoms with Crippen LogP contribution in [-0.2, 0) is 6.42 Å². The van der Waals surface area contributed by atoms with Crippen LogP contribution in [0, 0.1) is 13.8 Å². The Morgan fingerprint density at radius 2 is 2.10 bits per heavy atom. The molecule has 3 heteroatoms. The second kappa shape index (κ2) is 5.41. The van der Waals surface area contributed by atoms with Crippen molar-refractivity contribution < 1.29 is 0 Å². The minimum Gasteiger partial charge on any atom is -0.308 e. The zero-order valence-electron chi connectivity index (χ0n) is 12.6. The molecule has 3 rings (SSSR count). The zero-order chi connectivity index (χ0) is 14.1. The maximum absolute atomic E-state index is 4.72. The van der Waals surface area contributed by atoms with E-state index in [9.17, 15) is 0 Å². The van der Waals surface area contributed by atoms with Crippen LogP contribution in [-0.4, -0.2) is 16.3 Å². The molecule has 1 aromatic heterocycles. The van der Waals surface area contributed by atoms with Gasteiger partial charge in [-0.05, 0) is 50.4 Å². The van der Waals surface area contributed by atoms with Crippen molar-refractivity contribution in [2.45, 2.75) is 45.7 Å². The predicted octanol–water partition coefficient (Wildman–Crippen LogP) is 3.34. The molecule has 0 amide bonds. The maximum atomic E-state index is 4.72. The van der Waals surface area contributed by atoms with Crippen molar-refractivity contribution >= 4 is 0 Å². The van der Waals surface area contributed by atoms with Gasteiger partial charge < -0.3 is 5.32 Å². The molecular formula is C17H23N3. The van der Waals surface area contributed by atoms with E-state index in [1.54, 1.807) is 0 Å². The van der Waals surface area contributed by atoms with Crippen LogP contribution in [0.1, 0.15) is 47.9 Å². The molecule has 20 heavy (non-hydrogen) atoms. The van der Waals surface area contributed by atoms with Gasteiger partial charge in [0.1, 0.15) is 0 Å². The molecule has 2 atom stereocenters. The Labute approximate surface area is 121 Å². The number of nitrogens with zero attached hydrogens (tertiary/aromatic N) is 2. The topological polar surface area (TPSA) is 29.9 Å². The molecule has 2 unspecified atom stereocenters.